The van der Waals surface area contributed by atoms with Gasteiger partial charge in [-0.2, -0.15) is 27.0 Å². The van der Waals surface area contributed by atoms with Crippen molar-refractivity contribution >= 4 is 48.7 Å². The highest BCUT2D eigenvalue weighted by Crippen LogP contribution is 2.30. The number of nitrogens with two attached hydrogens (primary N) is 1. The van der Waals surface area contributed by atoms with Gasteiger partial charge in [-0.1, -0.05) is 19.9 Å². The molecule has 0 spiro atoms. The molecule has 9 nitrogen and oxygen atoms in total. The van der Waals surface area contributed by atoms with Crippen LogP contribution in [0.2, 0.25) is 0 Å². The number of sulfone groups is 1. The van der Waals surface area contributed by atoms with Gasteiger partial charge in [-0.3, -0.25) is 4.79 Å². The Morgan fingerprint density at radius 2 is 1.74 bits per heavy atom. The molecule has 12 heteroatoms. The van der Waals surface area contributed by atoms with Gasteiger partial charge in [0.1, 0.15) is 15.9 Å². The fraction of sp³-hybridized carbons (Fsp3) is 0.579. The van der Waals surface area contributed by atoms with E-state index >= 15 is 0 Å². The molecule has 0 fully saturated rings. The van der Waals surface area contributed by atoms with Crippen LogP contribution >= 0.6 is 27.0 Å². The van der Waals surface area contributed by atoms with Crippen molar-refractivity contribution in [3.05, 3.63) is 23.8 Å². The number of carboxylic acid groups (broad SMARTS) is 1. The van der Waals surface area contributed by atoms with Crippen LogP contribution in [-0.2, 0) is 19.4 Å². The van der Waals surface area contributed by atoms with Crippen LogP contribution < -0.4 is 20.5 Å². The number of methoxy groups -OCH3 is 1. The number of carboxylic acids is 1. The third-order valence-electron chi connectivity index (χ3n) is 3.69. The number of carbonyl (C=O) groups is 2. The lowest BCUT2D eigenvalue weighted by Crippen LogP contribution is -2.43. The van der Waals surface area contributed by atoms with E-state index in [1.165, 1.54) is 13.2 Å². The molecule has 4 N–H and O–H groups in total. The third kappa shape index (κ3) is 14.1. The maximum Gasteiger partial charge on any atom is 0.326 e. The van der Waals surface area contributed by atoms with Gasteiger partial charge in [0.25, 0.3) is 0 Å². The molecule has 0 aliphatic carbocycles. The molecule has 0 saturated heterocycles. The highest BCUT2D eigenvalue weighted by Gasteiger charge is 2.21. The molecule has 0 aromatic heterocycles. The first-order chi connectivity index (χ1) is 13.3. The number of amides is 1. The Morgan fingerprint density at radius 1 is 1.19 bits per heavy atom. The van der Waals surface area contributed by atoms with E-state index in [-0.39, 0.29) is 44.6 Å². The molecule has 1 amide bonds. The second-order valence-electron chi connectivity index (χ2n) is 6.80. The maximum atomic E-state index is 11.2. The second-order valence-corrected chi connectivity index (χ2v) is 8.99. The standard InChI is InChI=1S/C12H19NO4S.C7H13NO3.2H2S/c1-4-17-12-7-9(5-6-11(12)16-2)10(13)8-18(3,14)15;1-4(2)6(7(10)11)8-5(3)9;;/h5-7,10H,4,8,13H2,1-3H3;4,6H,1-3H3,(H,8,9)(H,10,11);2*1H2/t;6-;;/m.0../s1. The molecule has 1 unspecified atom stereocenters. The Hall–Kier alpha value is -1.63. The van der Waals surface area contributed by atoms with Crippen LogP contribution in [0.1, 0.15) is 39.3 Å². The summed E-state index contributed by atoms with van der Waals surface area (Å²) in [5.74, 6) is -0.309. The van der Waals surface area contributed by atoms with Gasteiger partial charge >= 0.3 is 5.97 Å². The maximum absolute atomic E-state index is 11.2. The van der Waals surface area contributed by atoms with Gasteiger partial charge in [0, 0.05) is 19.2 Å². The molecule has 182 valence electrons. The molecule has 2 atom stereocenters. The van der Waals surface area contributed by atoms with Crippen molar-refractivity contribution in [3.63, 3.8) is 0 Å². The number of nitrogens with one attached hydrogen (secondary N) is 1. The SMILES string of the molecule is CC(=O)N[C@H](C(=O)O)C(C)C.CCOc1cc(C(N)CS(C)(=O)=O)ccc1OC.S.S. The Kier molecular flexibility index (Phi) is 17.6. The predicted molar refractivity (Wildman–Crippen MR) is 132 cm³/mol. The van der Waals surface area contributed by atoms with E-state index in [4.69, 9.17) is 20.3 Å². The number of rotatable bonds is 9. The minimum atomic E-state index is -3.11. The third-order valence-corrected chi connectivity index (χ3v) is 4.65. The number of carbonyl (C=O) groups excluding carboxylic acids is 1. The smallest absolute Gasteiger partial charge is 0.326 e. The van der Waals surface area contributed by atoms with Crippen molar-refractivity contribution < 1.29 is 32.6 Å². The molecule has 0 radical (unpaired) electrons. The van der Waals surface area contributed by atoms with Crippen LogP contribution in [0.4, 0.5) is 0 Å². The number of aliphatic carboxylic acids is 1. The number of hydrogen-bond acceptors (Lipinski definition) is 7. The van der Waals surface area contributed by atoms with Crippen molar-refractivity contribution in [1.29, 1.82) is 0 Å². The Bertz CT molecular complexity index is 787. The fourth-order valence-electron chi connectivity index (χ4n) is 2.35. The normalized spacial score (nSPS) is 12.1. The zero-order valence-electron chi connectivity index (χ0n) is 18.8. The summed E-state index contributed by atoms with van der Waals surface area (Å²) in [5, 5.41) is 10.9. The minimum Gasteiger partial charge on any atom is -0.493 e. The summed E-state index contributed by atoms with van der Waals surface area (Å²) in [5.41, 5.74) is 6.57. The van der Waals surface area contributed by atoms with Gasteiger partial charge in [-0.25, -0.2) is 13.2 Å². The Morgan fingerprint density at radius 3 is 2.06 bits per heavy atom. The van der Waals surface area contributed by atoms with E-state index in [2.05, 4.69) is 5.32 Å². The highest BCUT2D eigenvalue weighted by atomic mass is 32.2. The summed E-state index contributed by atoms with van der Waals surface area (Å²) in [7, 11) is -1.56. The van der Waals surface area contributed by atoms with Crippen molar-refractivity contribution in [2.75, 3.05) is 25.7 Å². The van der Waals surface area contributed by atoms with Gasteiger partial charge in [0.05, 0.1) is 19.5 Å². The van der Waals surface area contributed by atoms with Gasteiger partial charge in [0.2, 0.25) is 5.91 Å². The first-order valence-corrected chi connectivity index (χ1v) is 11.1. The lowest BCUT2D eigenvalue weighted by Gasteiger charge is -2.16. The first kappa shape index (κ1) is 34.0. The van der Waals surface area contributed by atoms with Gasteiger partial charge in [0.15, 0.2) is 11.5 Å². The Balaban J connectivity index is -0.000000528. The predicted octanol–water partition coefficient (Wildman–Crippen LogP) is 1.60. The second kappa shape index (κ2) is 16.1. The average Bonchev–Trinajstić information content (AvgIpc) is 2.58. The van der Waals surface area contributed by atoms with Gasteiger partial charge in [-0.05, 0) is 30.5 Å². The molecule has 31 heavy (non-hydrogen) atoms. The van der Waals surface area contributed by atoms with Crippen LogP contribution in [0, 0.1) is 5.92 Å². The van der Waals surface area contributed by atoms with Crippen LogP contribution in [0.15, 0.2) is 18.2 Å². The van der Waals surface area contributed by atoms with E-state index in [1.54, 1.807) is 39.2 Å². The molecular weight excluding hydrogens is 464 g/mol. The average molecular weight is 501 g/mol. The van der Waals surface area contributed by atoms with Crippen LogP contribution in [0.5, 0.6) is 11.5 Å². The van der Waals surface area contributed by atoms with E-state index in [9.17, 15) is 18.0 Å². The van der Waals surface area contributed by atoms with Gasteiger partial charge in [-0.15, -0.1) is 0 Å². The summed E-state index contributed by atoms with van der Waals surface area (Å²) in [6.45, 7) is 7.16. The van der Waals surface area contributed by atoms with E-state index in [1.807, 2.05) is 6.92 Å². The van der Waals surface area contributed by atoms with Gasteiger partial charge < -0.3 is 25.6 Å². The monoisotopic (exact) mass is 500 g/mol. The topological polar surface area (TPSA) is 145 Å². The van der Waals surface area contributed by atoms with Crippen molar-refractivity contribution in [2.45, 2.75) is 39.8 Å². The van der Waals surface area contributed by atoms with E-state index in [0.29, 0.717) is 23.7 Å². The van der Waals surface area contributed by atoms with E-state index < -0.39 is 27.9 Å². The number of benzene rings is 1. The first-order valence-electron chi connectivity index (χ1n) is 9.06. The van der Waals surface area contributed by atoms with Crippen LogP contribution in [0.3, 0.4) is 0 Å². The van der Waals surface area contributed by atoms with Crippen molar-refractivity contribution in [2.24, 2.45) is 11.7 Å². The summed E-state index contributed by atoms with van der Waals surface area (Å²) in [6, 6.07) is 3.86. The molecule has 0 saturated carbocycles. The summed E-state index contributed by atoms with van der Waals surface area (Å²) in [6.07, 6.45) is 1.17. The van der Waals surface area contributed by atoms with E-state index in [0.717, 1.165) is 0 Å². The summed E-state index contributed by atoms with van der Waals surface area (Å²) >= 11 is 0. The number of ether oxygens (including phenoxy) is 2. The zero-order valence-corrected chi connectivity index (χ0v) is 21.6. The lowest BCUT2D eigenvalue weighted by molar-refractivity contribution is -0.142. The molecule has 1 aromatic carbocycles. The number of hydrogen-bond donors (Lipinski definition) is 3. The largest absolute Gasteiger partial charge is 0.493 e. The molecule has 0 aliphatic rings. The lowest BCUT2D eigenvalue weighted by atomic mass is 10.1. The van der Waals surface area contributed by atoms with Crippen molar-refractivity contribution in [1.82, 2.24) is 5.32 Å². The zero-order chi connectivity index (χ0) is 22.8. The molecule has 0 bridgehead atoms. The molecule has 1 aromatic rings. The molecule has 0 heterocycles. The Labute approximate surface area is 198 Å². The molecule has 0 aliphatic heterocycles. The molecular formula is C19H36N2O7S3. The van der Waals surface area contributed by atoms with Crippen LogP contribution in [-0.4, -0.2) is 57.2 Å². The van der Waals surface area contributed by atoms with Crippen molar-refractivity contribution in [3.8, 4) is 11.5 Å². The fourth-order valence-corrected chi connectivity index (χ4v) is 3.19. The highest BCUT2D eigenvalue weighted by molar-refractivity contribution is 7.90. The molecule has 1 rings (SSSR count). The quantitative estimate of drug-likeness (QED) is 0.463. The minimum absolute atomic E-state index is 0. The summed E-state index contributed by atoms with van der Waals surface area (Å²) in [4.78, 5) is 21.0. The summed E-state index contributed by atoms with van der Waals surface area (Å²) < 4.78 is 33.0. The van der Waals surface area contributed by atoms with Crippen LogP contribution in [0.25, 0.3) is 0 Å².